The molecule has 19 heavy (non-hydrogen) atoms. The molecule has 0 fully saturated rings. The third kappa shape index (κ3) is 4.96. The van der Waals surface area contributed by atoms with E-state index in [0.29, 0.717) is 10.6 Å². The lowest BCUT2D eigenvalue weighted by Gasteiger charge is -2.19. The third-order valence-corrected chi connectivity index (χ3v) is 3.08. The Balaban J connectivity index is 2.66. The van der Waals surface area contributed by atoms with E-state index in [2.05, 4.69) is 4.90 Å². The molecule has 0 heterocycles. The first kappa shape index (κ1) is 15.6. The van der Waals surface area contributed by atoms with E-state index in [4.69, 9.17) is 18.0 Å². The molecule has 2 N–H and O–H groups in total. The summed E-state index contributed by atoms with van der Waals surface area (Å²) in [7, 11) is 5.85. The Morgan fingerprint density at radius 3 is 2.42 bits per heavy atom. The smallest absolute Gasteiger partial charge is 0.253 e. The molecular formula is C14H21N3OS. The van der Waals surface area contributed by atoms with Crippen molar-refractivity contribution >= 4 is 23.1 Å². The van der Waals surface area contributed by atoms with E-state index in [-0.39, 0.29) is 5.91 Å². The second-order valence-corrected chi connectivity index (χ2v) is 5.27. The number of hydrogen-bond acceptors (Lipinski definition) is 3. The fourth-order valence-corrected chi connectivity index (χ4v) is 1.88. The molecule has 0 spiro atoms. The molecule has 5 heteroatoms. The Bertz CT molecular complexity index is 460. The Morgan fingerprint density at radius 1 is 1.21 bits per heavy atom. The number of rotatable bonds is 6. The number of nitrogens with two attached hydrogens (primary N) is 1. The van der Waals surface area contributed by atoms with Crippen molar-refractivity contribution in [1.29, 1.82) is 0 Å². The van der Waals surface area contributed by atoms with Crippen molar-refractivity contribution in [2.45, 2.75) is 6.42 Å². The first-order valence-corrected chi connectivity index (χ1v) is 6.62. The van der Waals surface area contributed by atoms with Gasteiger partial charge in [-0.05, 0) is 39.2 Å². The van der Waals surface area contributed by atoms with Gasteiger partial charge in [0.1, 0.15) is 4.99 Å². The Hall–Kier alpha value is -1.46. The number of benzene rings is 1. The zero-order chi connectivity index (χ0) is 14.4. The van der Waals surface area contributed by atoms with E-state index in [1.54, 1.807) is 23.1 Å². The highest BCUT2D eigenvalue weighted by atomic mass is 32.1. The number of amides is 1. The molecule has 0 atom stereocenters. The molecule has 4 nitrogen and oxygen atoms in total. The van der Waals surface area contributed by atoms with Crippen LogP contribution in [0, 0.1) is 0 Å². The summed E-state index contributed by atoms with van der Waals surface area (Å²) >= 11 is 4.92. The fourth-order valence-electron chi connectivity index (χ4n) is 1.75. The van der Waals surface area contributed by atoms with E-state index in [9.17, 15) is 4.79 Å². The van der Waals surface area contributed by atoms with Crippen molar-refractivity contribution < 1.29 is 4.79 Å². The van der Waals surface area contributed by atoms with Gasteiger partial charge < -0.3 is 15.5 Å². The van der Waals surface area contributed by atoms with E-state index in [0.717, 1.165) is 25.1 Å². The van der Waals surface area contributed by atoms with Gasteiger partial charge >= 0.3 is 0 Å². The van der Waals surface area contributed by atoms with Crippen molar-refractivity contribution in [3.63, 3.8) is 0 Å². The van der Waals surface area contributed by atoms with Gasteiger partial charge in [-0.1, -0.05) is 24.4 Å². The Labute approximate surface area is 120 Å². The molecule has 0 bridgehead atoms. The second-order valence-electron chi connectivity index (χ2n) is 4.83. The van der Waals surface area contributed by atoms with Gasteiger partial charge in [0.15, 0.2) is 0 Å². The lowest BCUT2D eigenvalue weighted by atomic mass is 10.1. The predicted molar refractivity (Wildman–Crippen MR) is 82.5 cm³/mol. The molecular weight excluding hydrogens is 258 g/mol. The molecule has 1 aromatic rings. The van der Waals surface area contributed by atoms with Gasteiger partial charge in [-0.2, -0.15) is 0 Å². The summed E-state index contributed by atoms with van der Waals surface area (Å²) in [5, 5.41) is 0. The molecule has 0 aromatic heterocycles. The molecule has 1 amide bonds. The second kappa shape index (κ2) is 7.21. The SMILES string of the molecule is CN(C)CCCN(C)C(=O)c1cccc(C(N)=S)c1. The lowest BCUT2D eigenvalue weighted by molar-refractivity contribution is 0.0790. The monoisotopic (exact) mass is 279 g/mol. The minimum atomic E-state index is -0.00291. The van der Waals surface area contributed by atoms with Crippen LogP contribution in [-0.2, 0) is 0 Å². The topological polar surface area (TPSA) is 49.6 Å². The van der Waals surface area contributed by atoms with Crippen LogP contribution in [0.25, 0.3) is 0 Å². The van der Waals surface area contributed by atoms with Gasteiger partial charge in [-0.25, -0.2) is 0 Å². The highest BCUT2D eigenvalue weighted by Crippen LogP contribution is 2.08. The van der Waals surface area contributed by atoms with Gasteiger partial charge in [0, 0.05) is 24.7 Å². The zero-order valence-electron chi connectivity index (χ0n) is 11.7. The number of carbonyl (C=O) groups excluding carboxylic acids is 1. The van der Waals surface area contributed by atoms with Crippen LogP contribution in [0.4, 0.5) is 0 Å². The molecule has 0 aliphatic rings. The number of nitrogens with zero attached hydrogens (tertiary/aromatic N) is 2. The lowest BCUT2D eigenvalue weighted by Crippen LogP contribution is -2.30. The van der Waals surface area contributed by atoms with E-state index >= 15 is 0 Å². The highest BCUT2D eigenvalue weighted by molar-refractivity contribution is 7.80. The van der Waals surface area contributed by atoms with Gasteiger partial charge in [-0.3, -0.25) is 4.79 Å². The van der Waals surface area contributed by atoms with E-state index in [1.807, 2.05) is 27.2 Å². The molecule has 1 rings (SSSR count). The average Bonchev–Trinajstić information content (AvgIpc) is 2.37. The van der Waals surface area contributed by atoms with Crippen molar-refractivity contribution in [3.05, 3.63) is 35.4 Å². The van der Waals surface area contributed by atoms with Crippen LogP contribution in [0.2, 0.25) is 0 Å². The maximum Gasteiger partial charge on any atom is 0.253 e. The maximum absolute atomic E-state index is 12.2. The van der Waals surface area contributed by atoms with Gasteiger partial charge in [0.05, 0.1) is 0 Å². The number of carbonyl (C=O) groups is 1. The molecule has 0 saturated heterocycles. The van der Waals surface area contributed by atoms with Crippen LogP contribution in [0.1, 0.15) is 22.3 Å². The summed E-state index contributed by atoms with van der Waals surface area (Å²) in [4.78, 5) is 16.4. The number of hydrogen-bond donors (Lipinski definition) is 1. The molecule has 0 aliphatic carbocycles. The standard InChI is InChI=1S/C14H21N3OS/c1-16(2)8-5-9-17(3)14(18)12-7-4-6-11(10-12)13(15)19/h4,6-7,10H,5,8-9H2,1-3H3,(H2,15,19). The van der Waals surface area contributed by atoms with Crippen molar-refractivity contribution in [2.75, 3.05) is 34.2 Å². The third-order valence-electron chi connectivity index (χ3n) is 2.84. The molecule has 0 saturated carbocycles. The highest BCUT2D eigenvalue weighted by Gasteiger charge is 2.12. The van der Waals surface area contributed by atoms with Gasteiger partial charge in [0.25, 0.3) is 5.91 Å². The molecule has 1 aromatic carbocycles. The molecule has 0 aliphatic heterocycles. The van der Waals surface area contributed by atoms with Crippen LogP contribution in [0.3, 0.4) is 0 Å². The Kier molecular flexibility index (Phi) is 5.92. The van der Waals surface area contributed by atoms with Crippen LogP contribution in [0.15, 0.2) is 24.3 Å². The average molecular weight is 279 g/mol. The zero-order valence-corrected chi connectivity index (χ0v) is 12.5. The summed E-state index contributed by atoms with van der Waals surface area (Å²) in [6.45, 7) is 1.69. The van der Waals surface area contributed by atoms with Crippen molar-refractivity contribution in [3.8, 4) is 0 Å². The summed E-state index contributed by atoms with van der Waals surface area (Å²) in [5.41, 5.74) is 6.92. The van der Waals surface area contributed by atoms with Crippen molar-refractivity contribution in [2.24, 2.45) is 5.73 Å². The predicted octanol–water partition coefficient (Wildman–Crippen LogP) is 1.34. The summed E-state index contributed by atoms with van der Waals surface area (Å²) < 4.78 is 0. The van der Waals surface area contributed by atoms with Crippen LogP contribution < -0.4 is 5.73 Å². The molecule has 104 valence electrons. The van der Waals surface area contributed by atoms with Gasteiger partial charge in [0.2, 0.25) is 0 Å². The summed E-state index contributed by atoms with van der Waals surface area (Å²) in [6, 6.07) is 7.14. The molecule has 0 radical (unpaired) electrons. The minimum absolute atomic E-state index is 0.00291. The quantitative estimate of drug-likeness (QED) is 0.799. The summed E-state index contributed by atoms with van der Waals surface area (Å²) in [6.07, 6.45) is 0.949. The fraction of sp³-hybridized carbons (Fsp3) is 0.429. The maximum atomic E-state index is 12.2. The van der Waals surface area contributed by atoms with Crippen LogP contribution in [0.5, 0.6) is 0 Å². The normalized spacial score (nSPS) is 10.5. The van der Waals surface area contributed by atoms with Gasteiger partial charge in [-0.15, -0.1) is 0 Å². The molecule has 0 unspecified atom stereocenters. The summed E-state index contributed by atoms with van der Waals surface area (Å²) in [5.74, 6) is -0.00291. The first-order chi connectivity index (χ1) is 8.91. The first-order valence-electron chi connectivity index (χ1n) is 6.22. The number of thiocarbonyl (C=S) groups is 1. The van der Waals surface area contributed by atoms with E-state index in [1.165, 1.54) is 0 Å². The van der Waals surface area contributed by atoms with Crippen LogP contribution in [-0.4, -0.2) is 54.9 Å². The van der Waals surface area contributed by atoms with Crippen molar-refractivity contribution in [1.82, 2.24) is 9.80 Å². The van der Waals surface area contributed by atoms with E-state index < -0.39 is 0 Å². The largest absolute Gasteiger partial charge is 0.389 e. The minimum Gasteiger partial charge on any atom is -0.389 e. The Morgan fingerprint density at radius 2 is 1.84 bits per heavy atom. The van der Waals surface area contributed by atoms with Crippen LogP contribution >= 0.6 is 12.2 Å².